The maximum Gasteiger partial charge on any atom is 0.573 e. The van der Waals surface area contributed by atoms with Crippen LogP contribution >= 0.6 is 0 Å². The van der Waals surface area contributed by atoms with Crippen LogP contribution in [0.4, 0.5) is 13.2 Å². The summed E-state index contributed by atoms with van der Waals surface area (Å²) in [7, 11) is 0. The number of aryl methyl sites for hydroxylation is 2. The molecule has 8 nitrogen and oxygen atoms in total. The third-order valence-corrected chi connectivity index (χ3v) is 7.48. The average Bonchev–Trinajstić information content (AvgIpc) is 3.44. The second-order valence-electron chi connectivity index (χ2n) is 9.87. The number of aromatic nitrogens is 3. The van der Waals surface area contributed by atoms with Crippen LogP contribution in [0, 0.1) is 18.8 Å². The van der Waals surface area contributed by atoms with Crippen LogP contribution in [-0.4, -0.2) is 69.6 Å². The van der Waals surface area contributed by atoms with Gasteiger partial charge in [0, 0.05) is 38.2 Å². The molecule has 2 atom stereocenters. The van der Waals surface area contributed by atoms with Gasteiger partial charge in [0.05, 0.1) is 5.52 Å². The van der Waals surface area contributed by atoms with Crippen LogP contribution in [0.15, 0.2) is 36.4 Å². The third kappa shape index (κ3) is 5.70. The van der Waals surface area contributed by atoms with E-state index in [1.807, 2.05) is 15.9 Å². The number of alkyl halides is 3. The van der Waals surface area contributed by atoms with Crippen molar-refractivity contribution in [3.8, 4) is 5.75 Å². The van der Waals surface area contributed by atoms with Gasteiger partial charge in [-0.2, -0.15) is 0 Å². The minimum atomic E-state index is -4.73. The molecule has 1 aromatic heterocycles. The maximum atomic E-state index is 13.1. The van der Waals surface area contributed by atoms with Crippen molar-refractivity contribution in [2.75, 3.05) is 26.2 Å². The number of aromatic amines is 1. The van der Waals surface area contributed by atoms with E-state index in [0.717, 1.165) is 23.9 Å². The second-order valence-corrected chi connectivity index (χ2v) is 9.87. The lowest BCUT2D eigenvalue weighted by atomic mass is 9.92. The SMILES string of the molecule is Cc1cc(OC(F)(F)F)ccc1CCC(=O)N1CC[C@@H]2CN(C(=O)c3ccc4[nH]nnc4c3)C[C@@H]2CC1. The Morgan fingerprint density at radius 1 is 1.05 bits per heavy atom. The number of halogens is 3. The number of H-pyrrole nitrogens is 1. The Kier molecular flexibility index (Phi) is 6.78. The number of benzene rings is 2. The minimum Gasteiger partial charge on any atom is -0.406 e. The molecule has 2 fully saturated rings. The topological polar surface area (TPSA) is 91.4 Å². The fourth-order valence-corrected chi connectivity index (χ4v) is 5.47. The molecule has 2 saturated heterocycles. The van der Waals surface area contributed by atoms with Crippen LogP contribution in [0.25, 0.3) is 11.0 Å². The van der Waals surface area contributed by atoms with Gasteiger partial charge in [-0.3, -0.25) is 14.7 Å². The van der Waals surface area contributed by atoms with Crippen molar-refractivity contribution in [2.45, 2.75) is 39.0 Å². The first-order chi connectivity index (χ1) is 17.7. The number of rotatable bonds is 5. The molecule has 2 aromatic carbocycles. The zero-order chi connectivity index (χ0) is 26.2. The highest BCUT2D eigenvalue weighted by Crippen LogP contribution is 2.33. The molecule has 0 saturated carbocycles. The largest absolute Gasteiger partial charge is 0.573 e. The van der Waals surface area contributed by atoms with Crippen LogP contribution in [-0.2, 0) is 11.2 Å². The van der Waals surface area contributed by atoms with Crippen molar-refractivity contribution in [3.63, 3.8) is 0 Å². The van der Waals surface area contributed by atoms with Crippen LogP contribution in [0.3, 0.4) is 0 Å². The quantitative estimate of drug-likeness (QED) is 0.552. The number of nitrogens with zero attached hydrogens (tertiary/aromatic N) is 4. The van der Waals surface area contributed by atoms with Gasteiger partial charge in [0.2, 0.25) is 5.91 Å². The Labute approximate surface area is 211 Å². The van der Waals surface area contributed by atoms with Crippen LogP contribution in [0.1, 0.15) is 40.7 Å². The van der Waals surface area contributed by atoms with E-state index in [-0.39, 0.29) is 17.6 Å². The van der Waals surface area contributed by atoms with Gasteiger partial charge in [0.1, 0.15) is 11.3 Å². The molecule has 0 bridgehead atoms. The Hall–Kier alpha value is -3.63. The highest BCUT2D eigenvalue weighted by atomic mass is 19.4. The predicted octanol–water partition coefficient (Wildman–Crippen LogP) is 4.11. The van der Waals surface area contributed by atoms with Gasteiger partial charge >= 0.3 is 6.36 Å². The fourth-order valence-electron chi connectivity index (χ4n) is 5.47. The first kappa shape index (κ1) is 25.0. The normalized spacial score (nSPS) is 20.1. The molecule has 3 aromatic rings. The highest BCUT2D eigenvalue weighted by molar-refractivity contribution is 5.97. The van der Waals surface area contributed by atoms with Gasteiger partial charge in [-0.1, -0.05) is 11.3 Å². The molecule has 0 aliphatic carbocycles. The first-order valence-electron chi connectivity index (χ1n) is 12.4. The summed E-state index contributed by atoms with van der Waals surface area (Å²) in [5, 5.41) is 10.5. The molecule has 11 heteroatoms. The van der Waals surface area contributed by atoms with Crippen LogP contribution < -0.4 is 4.74 Å². The number of amides is 2. The Morgan fingerprint density at radius 3 is 2.46 bits per heavy atom. The molecular weight excluding hydrogens is 487 g/mol. The first-order valence-corrected chi connectivity index (χ1v) is 12.4. The zero-order valence-electron chi connectivity index (χ0n) is 20.4. The number of hydrogen-bond donors (Lipinski definition) is 1. The number of ether oxygens (including phenoxy) is 1. The average molecular weight is 516 g/mol. The highest BCUT2D eigenvalue weighted by Gasteiger charge is 2.38. The molecule has 2 aliphatic rings. The van der Waals surface area contributed by atoms with Crippen molar-refractivity contribution in [2.24, 2.45) is 11.8 Å². The van der Waals surface area contributed by atoms with E-state index in [0.29, 0.717) is 67.5 Å². The number of hydrogen-bond acceptors (Lipinski definition) is 5. The maximum absolute atomic E-state index is 13.1. The number of carbonyl (C=O) groups is 2. The summed E-state index contributed by atoms with van der Waals surface area (Å²) in [6, 6.07) is 9.57. The Bertz CT molecular complexity index is 1290. The van der Waals surface area contributed by atoms with Gasteiger partial charge < -0.3 is 14.5 Å². The zero-order valence-corrected chi connectivity index (χ0v) is 20.4. The number of carbonyl (C=O) groups excluding carboxylic acids is 2. The summed E-state index contributed by atoms with van der Waals surface area (Å²) < 4.78 is 41.3. The summed E-state index contributed by atoms with van der Waals surface area (Å²) in [5.74, 6) is 0.476. The smallest absolute Gasteiger partial charge is 0.406 e. The lowest BCUT2D eigenvalue weighted by Crippen LogP contribution is -2.34. The molecule has 0 unspecified atom stereocenters. The monoisotopic (exact) mass is 515 g/mol. The molecular formula is C26H28F3N5O3. The fraction of sp³-hybridized carbons (Fsp3) is 0.462. The van der Waals surface area contributed by atoms with E-state index < -0.39 is 6.36 Å². The van der Waals surface area contributed by atoms with Crippen LogP contribution in [0.2, 0.25) is 0 Å². The molecule has 2 aliphatic heterocycles. The van der Waals surface area contributed by atoms with Crippen molar-refractivity contribution < 1.29 is 27.5 Å². The van der Waals surface area contributed by atoms with E-state index in [1.165, 1.54) is 12.1 Å². The standard InChI is InChI=1S/C26H28F3N5O3/c1-16-12-21(37-26(27,28)29)5-2-17(16)4-7-24(35)33-10-8-19-14-34(15-20(19)9-11-33)25(36)18-3-6-22-23(13-18)31-32-30-22/h2-3,5-6,12-13,19-20H,4,7-11,14-15H2,1H3,(H,30,31,32)/t19-,20+. The Morgan fingerprint density at radius 2 is 1.78 bits per heavy atom. The number of likely N-dealkylation sites (tertiary alicyclic amines) is 2. The van der Waals surface area contributed by atoms with E-state index in [1.54, 1.807) is 25.1 Å². The van der Waals surface area contributed by atoms with Gasteiger partial charge in [-0.15, -0.1) is 18.3 Å². The molecule has 196 valence electrons. The van der Waals surface area contributed by atoms with Gasteiger partial charge in [0.15, 0.2) is 0 Å². The molecule has 3 heterocycles. The van der Waals surface area contributed by atoms with Gasteiger partial charge in [-0.05, 0) is 79.5 Å². The Balaban J connectivity index is 1.13. The molecule has 2 amide bonds. The summed E-state index contributed by atoms with van der Waals surface area (Å²) in [6.45, 7) is 4.35. The van der Waals surface area contributed by atoms with Gasteiger partial charge in [0.25, 0.3) is 5.91 Å². The minimum absolute atomic E-state index is 0.00655. The number of fused-ring (bicyclic) bond motifs is 2. The van der Waals surface area contributed by atoms with E-state index in [9.17, 15) is 22.8 Å². The van der Waals surface area contributed by atoms with E-state index >= 15 is 0 Å². The van der Waals surface area contributed by atoms with Gasteiger partial charge in [-0.25, -0.2) is 0 Å². The third-order valence-electron chi connectivity index (χ3n) is 7.48. The molecule has 5 rings (SSSR count). The number of nitrogens with one attached hydrogen (secondary N) is 1. The molecule has 37 heavy (non-hydrogen) atoms. The summed E-state index contributed by atoms with van der Waals surface area (Å²) in [6.07, 6.45) is -2.30. The van der Waals surface area contributed by atoms with Crippen molar-refractivity contribution in [1.29, 1.82) is 0 Å². The summed E-state index contributed by atoms with van der Waals surface area (Å²) in [4.78, 5) is 29.8. The van der Waals surface area contributed by atoms with E-state index in [4.69, 9.17) is 0 Å². The lowest BCUT2D eigenvalue weighted by Gasteiger charge is -2.23. The summed E-state index contributed by atoms with van der Waals surface area (Å²) in [5.41, 5.74) is 3.53. The van der Waals surface area contributed by atoms with E-state index in [2.05, 4.69) is 20.1 Å². The predicted molar refractivity (Wildman–Crippen MR) is 129 cm³/mol. The summed E-state index contributed by atoms with van der Waals surface area (Å²) >= 11 is 0. The molecule has 1 N–H and O–H groups in total. The van der Waals surface area contributed by atoms with Crippen LogP contribution in [0.5, 0.6) is 5.75 Å². The second kappa shape index (κ2) is 10.0. The molecule has 0 spiro atoms. The van der Waals surface area contributed by atoms with Crippen molar-refractivity contribution in [1.82, 2.24) is 25.2 Å². The van der Waals surface area contributed by atoms with Crippen molar-refractivity contribution >= 4 is 22.8 Å². The lowest BCUT2D eigenvalue weighted by molar-refractivity contribution is -0.274. The van der Waals surface area contributed by atoms with Crippen molar-refractivity contribution in [3.05, 3.63) is 53.1 Å². The molecule has 0 radical (unpaired) electrons.